The predicted octanol–water partition coefficient (Wildman–Crippen LogP) is 3.45. The van der Waals surface area contributed by atoms with Gasteiger partial charge in [-0.25, -0.2) is 0 Å². The van der Waals surface area contributed by atoms with Crippen molar-refractivity contribution in [3.05, 3.63) is 65.2 Å². The Hall–Kier alpha value is -2.66. The molecule has 29 heavy (non-hydrogen) atoms. The van der Waals surface area contributed by atoms with E-state index in [4.69, 9.17) is 0 Å². The largest absolute Gasteiger partial charge is 0.369 e. The van der Waals surface area contributed by atoms with Gasteiger partial charge in [0.05, 0.1) is 12.6 Å². The molecule has 0 bridgehead atoms. The topological polar surface area (TPSA) is 52.7 Å². The Morgan fingerprint density at radius 3 is 2.14 bits per heavy atom. The molecule has 1 aliphatic rings. The molecule has 5 heteroatoms. The first-order valence-electron chi connectivity index (χ1n) is 10.4. The van der Waals surface area contributed by atoms with Gasteiger partial charge >= 0.3 is 0 Å². The van der Waals surface area contributed by atoms with Gasteiger partial charge in [-0.1, -0.05) is 31.2 Å². The maximum absolute atomic E-state index is 12.5. The van der Waals surface area contributed by atoms with E-state index in [9.17, 15) is 9.59 Å². The molecule has 154 valence electrons. The molecule has 0 spiro atoms. The van der Waals surface area contributed by atoms with Gasteiger partial charge in [-0.2, -0.15) is 0 Å². The standard InChI is InChI=1S/C24H31N3O2/c1-4-20-5-7-21(8-6-20)18(2)25-24(29)17-26-13-15-27(16-14-26)23-11-9-22(10-12-23)19(3)28/h5-12,18H,4,13-17H2,1-3H3,(H,25,29)/t18-/m0/s1. The van der Waals surface area contributed by atoms with Crippen LogP contribution in [0.25, 0.3) is 0 Å². The summed E-state index contributed by atoms with van der Waals surface area (Å²) in [6.45, 7) is 9.63. The number of ketones is 1. The van der Waals surface area contributed by atoms with Crippen LogP contribution in [-0.2, 0) is 11.2 Å². The van der Waals surface area contributed by atoms with E-state index in [2.05, 4.69) is 46.3 Å². The number of carbonyl (C=O) groups excluding carboxylic acids is 2. The minimum Gasteiger partial charge on any atom is -0.369 e. The van der Waals surface area contributed by atoms with Crippen LogP contribution in [0, 0.1) is 0 Å². The van der Waals surface area contributed by atoms with Gasteiger partial charge < -0.3 is 10.2 Å². The number of hydrogen-bond acceptors (Lipinski definition) is 4. The quantitative estimate of drug-likeness (QED) is 0.732. The minimum absolute atomic E-state index is 0.00878. The number of benzene rings is 2. The first-order valence-corrected chi connectivity index (χ1v) is 10.4. The predicted molar refractivity (Wildman–Crippen MR) is 117 cm³/mol. The second-order valence-electron chi connectivity index (χ2n) is 7.75. The third-order valence-corrected chi connectivity index (χ3v) is 5.64. The first-order chi connectivity index (χ1) is 14.0. The lowest BCUT2D eigenvalue weighted by Crippen LogP contribution is -2.49. The fourth-order valence-electron chi connectivity index (χ4n) is 3.69. The molecule has 1 aliphatic heterocycles. The third-order valence-electron chi connectivity index (χ3n) is 5.64. The van der Waals surface area contributed by atoms with E-state index >= 15 is 0 Å². The van der Waals surface area contributed by atoms with Gasteiger partial charge in [0.1, 0.15) is 0 Å². The van der Waals surface area contributed by atoms with Gasteiger partial charge in [-0.05, 0) is 55.7 Å². The summed E-state index contributed by atoms with van der Waals surface area (Å²) >= 11 is 0. The van der Waals surface area contributed by atoms with Gasteiger partial charge in [0.15, 0.2) is 5.78 Å². The number of nitrogens with zero attached hydrogens (tertiary/aromatic N) is 2. The molecule has 1 amide bonds. The number of nitrogens with one attached hydrogen (secondary N) is 1. The van der Waals surface area contributed by atoms with Crippen LogP contribution < -0.4 is 10.2 Å². The Kier molecular flexibility index (Phi) is 7.04. The van der Waals surface area contributed by atoms with Gasteiger partial charge in [0.25, 0.3) is 0 Å². The Bertz CT molecular complexity index is 822. The summed E-state index contributed by atoms with van der Waals surface area (Å²) in [6.07, 6.45) is 1.02. The van der Waals surface area contributed by atoms with E-state index < -0.39 is 0 Å². The van der Waals surface area contributed by atoms with Gasteiger partial charge in [0, 0.05) is 37.4 Å². The Labute approximate surface area is 173 Å². The number of amides is 1. The smallest absolute Gasteiger partial charge is 0.234 e. The molecule has 2 aromatic carbocycles. The highest BCUT2D eigenvalue weighted by Crippen LogP contribution is 2.18. The number of hydrogen-bond donors (Lipinski definition) is 1. The zero-order valence-electron chi connectivity index (χ0n) is 17.6. The summed E-state index contributed by atoms with van der Waals surface area (Å²) in [4.78, 5) is 28.4. The normalized spacial score (nSPS) is 15.8. The number of piperazine rings is 1. The molecule has 0 aliphatic carbocycles. The highest BCUT2D eigenvalue weighted by Gasteiger charge is 2.20. The van der Waals surface area contributed by atoms with Crippen LogP contribution in [0.2, 0.25) is 0 Å². The van der Waals surface area contributed by atoms with E-state index in [0.29, 0.717) is 6.54 Å². The van der Waals surface area contributed by atoms with E-state index in [1.807, 2.05) is 31.2 Å². The van der Waals surface area contributed by atoms with E-state index in [1.165, 1.54) is 5.56 Å². The lowest BCUT2D eigenvalue weighted by molar-refractivity contribution is -0.123. The fourth-order valence-corrected chi connectivity index (χ4v) is 3.69. The van der Waals surface area contributed by atoms with Crippen LogP contribution in [-0.4, -0.2) is 49.3 Å². The zero-order valence-corrected chi connectivity index (χ0v) is 17.6. The molecule has 1 saturated heterocycles. The average Bonchev–Trinajstić information content (AvgIpc) is 2.74. The van der Waals surface area contributed by atoms with E-state index in [-0.39, 0.29) is 17.7 Å². The molecule has 0 radical (unpaired) electrons. The molecule has 2 aromatic rings. The van der Waals surface area contributed by atoms with Crippen LogP contribution in [0.1, 0.15) is 48.3 Å². The van der Waals surface area contributed by atoms with Crippen molar-refractivity contribution in [2.75, 3.05) is 37.6 Å². The van der Waals surface area contributed by atoms with Gasteiger partial charge in [-0.15, -0.1) is 0 Å². The summed E-state index contributed by atoms with van der Waals surface area (Å²) in [5, 5.41) is 3.11. The molecular weight excluding hydrogens is 362 g/mol. The summed E-state index contributed by atoms with van der Waals surface area (Å²) in [7, 11) is 0. The van der Waals surface area contributed by atoms with E-state index in [1.54, 1.807) is 6.92 Å². The molecule has 0 aromatic heterocycles. The number of carbonyl (C=O) groups is 2. The second-order valence-corrected chi connectivity index (χ2v) is 7.75. The third kappa shape index (κ3) is 5.67. The minimum atomic E-state index is 0.00878. The van der Waals surface area contributed by atoms with E-state index in [0.717, 1.165) is 49.4 Å². The fraction of sp³-hybridized carbons (Fsp3) is 0.417. The molecule has 5 nitrogen and oxygen atoms in total. The molecular formula is C24H31N3O2. The zero-order chi connectivity index (χ0) is 20.8. The van der Waals surface area contributed by atoms with Crippen molar-refractivity contribution in [1.82, 2.24) is 10.2 Å². The molecule has 1 fully saturated rings. The van der Waals surface area contributed by atoms with Gasteiger partial charge in [-0.3, -0.25) is 14.5 Å². The number of rotatable bonds is 7. The Balaban J connectivity index is 1.45. The highest BCUT2D eigenvalue weighted by molar-refractivity contribution is 5.94. The van der Waals surface area contributed by atoms with Crippen molar-refractivity contribution in [3.63, 3.8) is 0 Å². The van der Waals surface area contributed by atoms with Gasteiger partial charge in [0.2, 0.25) is 5.91 Å². The lowest BCUT2D eigenvalue weighted by atomic mass is 10.0. The van der Waals surface area contributed by atoms with Crippen molar-refractivity contribution in [1.29, 1.82) is 0 Å². The summed E-state index contributed by atoms with van der Waals surface area (Å²) in [5.74, 6) is 0.152. The first kappa shape index (κ1) is 21.1. The molecule has 0 saturated carbocycles. The van der Waals surface area contributed by atoms with Crippen LogP contribution >= 0.6 is 0 Å². The molecule has 1 atom stereocenters. The van der Waals surface area contributed by atoms with Crippen LogP contribution in [0.15, 0.2) is 48.5 Å². The molecule has 1 heterocycles. The van der Waals surface area contributed by atoms with Crippen molar-refractivity contribution in [2.45, 2.75) is 33.2 Å². The van der Waals surface area contributed by atoms with Crippen molar-refractivity contribution in [3.8, 4) is 0 Å². The summed E-state index contributed by atoms with van der Waals surface area (Å²) in [5.41, 5.74) is 4.31. The molecule has 0 unspecified atom stereocenters. The lowest BCUT2D eigenvalue weighted by Gasteiger charge is -2.36. The maximum Gasteiger partial charge on any atom is 0.234 e. The number of anilines is 1. The van der Waals surface area contributed by atoms with Crippen molar-refractivity contribution in [2.24, 2.45) is 0 Å². The van der Waals surface area contributed by atoms with Crippen molar-refractivity contribution >= 4 is 17.4 Å². The number of aryl methyl sites for hydroxylation is 1. The SMILES string of the molecule is CCc1ccc([C@H](C)NC(=O)CN2CCN(c3ccc(C(C)=O)cc3)CC2)cc1. The summed E-state index contributed by atoms with van der Waals surface area (Å²) in [6, 6.07) is 16.2. The van der Waals surface area contributed by atoms with Crippen LogP contribution in [0.4, 0.5) is 5.69 Å². The Morgan fingerprint density at radius 1 is 0.966 bits per heavy atom. The Morgan fingerprint density at radius 2 is 1.59 bits per heavy atom. The average molecular weight is 394 g/mol. The highest BCUT2D eigenvalue weighted by atomic mass is 16.2. The molecule has 1 N–H and O–H groups in total. The number of Topliss-reactive ketones (excluding diaryl/α,β-unsaturated/α-hetero) is 1. The maximum atomic E-state index is 12.5. The monoisotopic (exact) mass is 393 g/mol. The van der Waals surface area contributed by atoms with Crippen LogP contribution in [0.5, 0.6) is 0 Å². The second kappa shape index (κ2) is 9.70. The van der Waals surface area contributed by atoms with Crippen LogP contribution in [0.3, 0.4) is 0 Å². The summed E-state index contributed by atoms with van der Waals surface area (Å²) < 4.78 is 0. The molecule has 3 rings (SSSR count). The van der Waals surface area contributed by atoms with Crippen molar-refractivity contribution < 1.29 is 9.59 Å².